The van der Waals surface area contributed by atoms with E-state index in [2.05, 4.69) is 35.2 Å². The Kier molecular flexibility index (Phi) is 5.90. The van der Waals surface area contributed by atoms with Gasteiger partial charge in [-0.05, 0) is 43.7 Å². The lowest BCUT2D eigenvalue weighted by molar-refractivity contribution is -0.131. The zero-order valence-electron chi connectivity index (χ0n) is 18.2. The zero-order chi connectivity index (χ0) is 21.2. The minimum atomic E-state index is 0.0793. The molecule has 2 aromatic rings. The predicted molar refractivity (Wildman–Crippen MR) is 120 cm³/mol. The van der Waals surface area contributed by atoms with E-state index in [1.165, 1.54) is 5.56 Å². The largest absolute Gasteiger partial charge is 0.341 e. The molecule has 4 heterocycles. The van der Waals surface area contributed by atoms with Crippen LogP contribution in [0.3, 0.4) is 0 Å². The highest BCUT2D eigenvalue weighted by Crippen LogP contribution is 2.29. The Morgan fingerprint density at radius 1 is 0.968 bits per heavy atom. The molecule has 2 fully saturated rings. The SMILES string of the molecule is O=C(CN1CC[C@H](c2ccccc2)C1)N1CC[C@@H](c2cc(=O)n3c(n2)CCCCC3)C1. The average Bonchev–Trinajstić information content (AvgIpc) is 3.40. The third-order valence-electron chi connectivity index (χ3n) is 7.25. The maximum Gasteiger partial charge on any atom is 0.253 e. The molecule has 6 heteroatoms. The number of aryl methyl sites for hydroxylation is 1. The third kappa shape index (κ3) is 4.45. The van der Waals surface area contributed by atoms with Crippen LogP contribution in [0.15, 0.2) is 41.2 Å². The number of aromatic nitrogens is 2. The van der Waals surface area contributed by atoms with Gasteiger partial charge in [0, 0.05) is 44.6 Å². The molecule has 2 atom stereocenters. The van der Waals surface area contributed by atoms with Gasteiger partial charge in [-0.15, -0.1) is 0 Å². The molecule has 0 radical (unpaired) electrons. The summed E-state index contributed by atoms with van der Waals surface area (Å²) in [7, 11) is 0. The van der Waals surface area contributed by atoms with E-state index in [9.17, 15) is 9.59 Å². The van der Waals surface area contributed by atoms with Gasteiger partial charge in [-0.25, -0.2) is 4.98 Å². The monoisotopic (exact) mass is 420 g/mol. The first-order chi connectivity index (χ1) is 15.2. The Morgan fingerprint density at radius 3 is 2.68 bits per heavy atom. The van der Waals surface area contributed by atoms with Gasteiger partial charge in [0.2, 0.25) is 5.91 Å². The number of amides is 1. The van der Waals surface area contributed by atoms with Gasteiger partial charge in [0.05, 0.1) is 12.2 Å². The highest BCUT2D eigenvalue weighted by atomic mass is 16.2. The fraction of sp³-hybridized carbons (Fsp3) is 0.560. The van der Waals surface area contributed by atoms with Crippen LogP contribution in [0.4, 0.5) is 0 Å². The summed E-state index contributed by atoms with van der Waals surface area (Å²) in [5.41, 5.74) is 2.34. The fourth-order valence-corrected chi connectivity index (χ4v) is 5.44. The average molecular weight is 421 g/mol. The maximum absolute atomic E-state index is 13.0. The number of hydrogen-bond acceptors (Lipinski definition) is 4. The number of likely N-dealkylation sites (tertiary alicyclic amines) is 2. The minimum absolute atomic E-state index is 0.0793. The summed E-state index contributed by atoms with van der Waals surface area (Å²) in [6.07, 6.45) is 6.21. The molecule has 1 aromatic carbocycles. The number of fused-ring (bicyclic) bond motifs is 1. The molecule has 0 spiro atoms. The second kappa shape index (κ2) is 8.95. The third-order valence-corrected chi connectivity index (χ3v) is 7.25. The number of carbonyl (C=O) groups excluding carboxylic acids is 1. The van der Waals surface area contributed by atoms with Crippen LogP contribution >= 0.6 is 0 Å². The Labute approximate surface area is 183 Å². The van der Waals surface area contributed by atoms with Crippen LogP contribution in [0.1, 0.15) is 61.0 Å². The summed E-state index contributed by atoms with van der Waals surface area (Å²) in [6.45, 7) is 4.67. The Bertz CT molecular complexity index is 987. The van der Waals surface area contributed by atoms with Crippen molar-refractivity contribution in [2.24, 2.45) is 0 Å². The highest BCUT2D eigenvalue weighted by molar-refractivity contribution is 5.78. The van der Waals surface area contributed by atoms with Gasteiger partial charge in [-0.2, -0.15) is 0 Å². The van der Waals surface area contributed by atoms with E-state index in [1.807, 2.05) is 9.47 Å². The normalized spacial score (nSPS) is 24.2. The lowest BCUT2D eigenvalue weighted by atomic mass is 9.99. The van der Waals surface area contributed by atoms with Crippen LogP contribution in [0, 0.1) is 0 Å². The Morgan fingerprint density at radius 2 is 1.81 bits per heavy atom. The lowest BCUT2D eigenvalue weighted by Gasteiger charge is -2.21. The van der Waals surface area contributed by atoms with Crippen molar-refractivity contribution in [3.05, 3.63) is 63.8 Å². The van der Waals surface area contributed by atoms with Crippen LogP contribution in [0.25, 0.3) is 0 Å². The van der Waals surface area contributed by atoms with E-state index >= 15 is 0 Å². The van der Waals surface area contributed by atoms with Gasteiger partial charge in [0.15, 0.2) is 0 Å². The van der Waals surface area contributed by atoms with Crippen molar-refractivity contribution in [2.45, 2.75) is 56.9 Å². The second-order valence-corrected chi connectivity index (χ2v) is 9.35. The van der Waals surface area contributed by atoms with Gasteiger partial charge in [0.25, 0.3) is 5.56 Å². The van der Waals surface area contributed by atoms with Gasteiger partial charge < -0.3 is 4.90 Å². The van der Waals surface area contributed by atoms with E-state index in [0.29, 0.717) is 19.0 Å². The molecule has 1 aromatic heterocycles. The molecule has 5 rings (SSSR count). The van der Waals surface area contributed by atoms with Crippen molar-refractivity contribution in [1.82, 2.24) is 19.4 Å². The first kappa shape index (κ1) is 20.4. The van der Waals surface area contributed by atoms with Crippen LogP contribution in [0.2, 0.25) is 0 Å². The highest BCUT2D eigenvalue weighted by Gasteiger charge is 2.32. The van der Waals surface area contributed by atoms with E-state index in [0.717, 1.165) is 76.2 Å². The summed E-state index contributed by atoms with van der Waals surface area (Å²) in [5, 5.41) is 0. The molecule has 0 unspecified atom stereocenters. The van der Waals surface area contributed by atoms with Crippen LogP contribution in [-0.4, -0.2) is 58.0 Å². The van der Waals surface area contributed by atoms with Crippen LogP contribution in [-0.2, 0) is 17.8 Å². The molecule has 6 nitrogen and oxygen atoms in total. The van der Waals surface area contributed by atoms with E-state index in [4.69, 9.17) is 4.98 Å². The van der Waals surface area contributed by atoms with E-state index in [-0.39, 0.29) is 17.4 Å². The number of benzene rings is 1. The molecule has 2 saturated heterocycles. The smallest absolute Gasteiger partial charge is 0.253 e. The van der Waals surface area contributed by atoms with Crippen molar-refractivity contribution in [3.8, 4) is 0 Å². The summed E-state index contributed by atoms with van der Waals surface area (Å²) >= 11 is 0. The van der Waals surface area contributed by atoms with Crippen molar-refractivity contribution < 1.29 is 4.79 Å². The summed E-state index contributed by atoms with van der Waals surface area (Å²) in [6, 6.07) is 12.3. The van der Waals surface area contributed by atoms with Crippen molar-refractivity contribution >= 4 is 5.91 Å². The molecule has 31 heavy (non-hydrogen) atoms. The minimum Gasteiger partial charge on any atom is -0.341 e. The molecular weight excluding hydrogens is 388 g/mol. The Balaban J connectivity index is 1.19. The molecular formula is C25H32N4O2. The maximum atomic E-state index is 13.0. The van der Waals surface area contributed by atoms with Gasteiger partial charge in [-0.1, -0.05) is 36.8 Å². The number of carbonyl (C=O) groups is 1. The summed E-state index contributed by atoms with van der Waals surface area (Å²) in [5.74, 6) is 1.86. The van der Waals surface area contributed by atoms with Gasteiger partial charge >= 0.3 is 0 Å². The molecule has 0 saturated carbocycles. The Hall–Kier alpha value is -2.47. The molecule has 3 aliphatic rings. The molecule has 0 aliphatic carbocycles. The van der Waals surface area contributed by atoms with Crippen molar-refractivity contribution in [1.29, 1.82) is 0 Å². The quantitative estimate of drug-likeness (QED) is 0.763. The number of nitrogens with zero attached hydrogens (tertiary/aromatic N) is 4. The molecule has 0 bridgehead atoms. The molecule has 3 aliphatic heterocycles. The fourth-order valence-electron chi connectivity index (χ4n) is 5.44. The topological polar surface area (TPSA) is 58.4 Å². The van der Waals surface area contributed by atoms with E-state index in [1.54, 1.807) is 6.07 Å². The van der Waals surface area contributed by atoms with E-state index < -0.39 is 0 Å². The molecule has 1 amide bonds. The zero-order valence-corrected chi connectivity index (χ0v) is 18.2. The van der Waals surface area contributed by atoms with Crippen LogP contribution < -0.4 is 5.56 Å². The molecule has 0 N–H and O–H groups in total. The second-order valence-electron chi connectivity index (χ2n) is 9.35. The van der Waals surface area contributed by atoms with Gasteiger partial charge in [0.1, 0.15) is 5.82 Å². The predicted octanol–water partition coefficient (Wildman–Crippen LogP) is 2.78. The summed E-state index contributed by atoms with van der Waals surface area (Å²) < 4.78 is 1.85. The first-order valence-electron chi connectivity index (χ1n) is 11.8. The van der Waals surface area contributed by atoms with Gasteiger partial charge in [-0.3, -0.25) is 19.1 Å². The number of hydrogen-bond donors (Lipinski definition) is 0. The lowest BCUT2D eigenvalue weighted by Crippen LogP contribution is -2.38. The van der Waals surface area contributed by atoms with Crippen molar-refractivity contribution in [3.63, 3.8) is 0 Å². The number of rotatable bonds is 4. The van der Waals surface area contributed by atoms with Crippen LogP contribution in [0.5, 0.6) is 0 Å². The standard InChI is InChI=1S/C25H32N4O2/c30-24-15-22(26-23-9-5-2-6-12-29(23)24)21-11-14-28(17-21)25(31)18-27-13-10-20(16-27)19-7-3-1-4-8-19/h1,3-4,7-8,15,20-21H,2,5-6,9-14,16-18H2/t20-,21+/m0/s1. The summed E-state index contributed by atoms with van der Waals surface area (Å²) in [4.78, 5) is 34.7. The molecule has 164 valence electrons. The van der Waals surface area contributed by atoms with Crippen molar-refractivity contribution in [2.75, 3.05) is 32.7 Å². The first-order valence-corrected chi connectivity index (χ1v) is 11.8.